The normalized spacial score (nSPS) is 12.5. The van der Waals surface area contributed by atoms with Gasteiger partial charge >= 0.3 is 0 Å². The standard InChI is InChI=1S/C11H15NO3S2/c1-9(8-10-4-3-6-16-10)11(13)12-5-7-17(2,14)15/h3-4,6,8H,5,7H2,1-2H3,(H,12,13)/b9-8+. The van der Waals surface area contributed by atoms with E-state index in [0.29, 0.717) is 5.57 Å². The molecular weight excluding hydrogens is 258 g/mol. The summed E-state index contributed by atoms with van der Waals surface area (Å²) in [5.41, 5.74) is 0.570. The molecule has 0 aliphatic heterocycles. The molecule has 0 unspecified atom stereocenters. The molecule has 17 heavy (non-hydrogen) atoms. The fourth-order valence-corrected chi connectivity index (χ4v) is 2.33. The maximum absolute atomic E-state index is 11.6. The van der Waals surface area contributed by atoms with E-state index in [1.54, 1.807) is 24.3 Å². The van der Waals surface area contributed by atoms with Crippen LogP contribution in [0.25, 0.3) is 6.08 Å². The summed E-state index contributed by atoms with van der Waals surface area (Å²) < 4.78 is 21.7. The van der Waals surface area contributed by atoms with Crippen LogP contribution in [0.15, 0.2) is 23.1 Å². The first-order valence-corrected chi connectivity index (χ1v) is 8.00. The number of hydrogen-bond acceptors (Lipinski definition) is 4. The molecule has 0 aliphatic rings. The first-order chi connectivity index (χ1) is 7.88. The highest BCUT2D eigenvalue weighted by Crippen LogP contribution is 2.12. The molecule has 1 heterocycles. The quantitative estimate of drug-likeness (QED) is 0.823. The zero-order valence-electron chi connectivity index (χ0n) is 9.76. The fraction of sp³-hybridized carbons (Fsp3) is 0.364. The Bertz CT molecular complexity index is 501. The summed E-state index contributed by atoms with van der Waals surface area (Å²) in [5, 5.41) is 4.50. The van der Waals surface area contributed by atoms with Gasteiger partial charge in [-0.2, -0.15) is 0 Å². The minimum Gasteiger partial charge on any atom is -0.351 e. The maximum Gasteiger partial charge on any atom is 0.246 e. The molecule has 0 fully saturated rings. The van der Waals surface area contributed by atoms with E-state index in [2.05, 4.69) is 5.32 Å². The van der Waals surface area contributed by atoms with Crippen molar-refractivity contribution in [1.82, 2.24) is 5.32 Å². The summed E-state index contributed by atoms with van der Waals surface area (Å²) in [6.45, 7) is 1.85. The molecule has 0 atom stereocenters. The average Bonchev–Trinajstić information content (AvgIpc) is 2.68. The van der Waals surface area contributed by atoms with Gasteiger partial charge in [-0.25, -0.2) is 8.42 Å². The molecule has 1 aromatic heterocycles. The Kier molecular flexibility index (Phi) is 4.89. The lowest BCUT2D eigenvalue weighted by molar-refractivity contribution is -0.117. The lowest BCUT2D eigenvalue weighted by Crippen LogP contribution is -2.29. The number of carbonyl (C=O) groups excluding carboxylic acids is 1. The molecule has 0 aromatic carbocycles. The molecular formula is C11H15NO3S2. The zero-order valence-corrected chi connectivity index (χ0v) is 11.4. The summed E-state index contributed by atoms with van der Waals surface area (Å²) in [5.74, 6) is -0.271. The molecule has 1 N–H and O–H groups in total. The van der Waals surface area contributed by atoms with E-state index in [9.17, 15) is 13.2 Å². The van der Waals surface area contributed by atoms with Crippen molar-refractivity contribution in [2.75, 3.05) is 18.6 Å². The van der Waals surface area contributed by atoms with Gasteiger partial charge in [0.15, 0.2) is 0 Å². The highest BCUT2D eigenvalue weighted by molar-refractivity contribution is 7.90. The fourth-order valence-electron chi connectivity index (χ4n) is 1.14. The summed E-state index contributed by atoms with van der Waals surface area (Å²) in [6, 6.07) is 3.82. The van der Waals surface area contributed by atoms with Gasteiger partial charge in [0, 0.05) is 23.3 Å². The van der Waals surface area contributed by atoms with E-state index >= 15 is 0 Å². The molecule has 94 valence electrons. The second-order valence-electron chi connectivity index (χ2n) is 3.73. The molecule has 4 nitrogen and oxygen atoms in total. The van der Waals surface area contributed by atoms with E-state index < -0.39 is 9.84 Å². The predicted octanol–water partition coefficient (Wildman–Crippen LogP) is 1.31. The number of rotatable bonds is 5. The summed E-state index contributed by atoms with van der Waals surface area (Å²) in [7, 11) is -3.03. The molecule has 0 spiro atoms. The zero-order chi connectivity index (χ0) is 12.9. The van der Waals surface area contributed by atoms with Crippen LogP contribution in [-0.2, 0) is 14.6 Å². The summed E-state index contributed by atoms with van der Waals surface area (Å²) in [4.78, 5) is 12.6. The Labute approximate surface area is 105 Å². The third-order valence-corrected chi connectivity index (χ3v) is 3.78. The van der Waals surface area contributed by atoms with Crippen molar-refractivity contribution in [3.8, 4) is 0 Å². The van der Waals surface area contributed by atoms with Crippen molar-refractivity contribution < 1.29 is 13.2 Å². The van der Waals surface area contributed by atoms with E-state index in [1.807, 2.05) is 17.5 Å². The van der Waals surface area contributed by atoms with Crippen LogP contribution in [-0.4, -0.2) is 32.9 Å². The summed E-state index contributed by atoms with van der Waals surface area (Å²) in [6.07, 6.45) is 2.92. The van der Waals surface area contributed by atoms with E-state index in [-0.39, 0.29) is 18.2 Å². The number of hydrogen-bond donors (Lipinski definition) is 1. The Hall–Kier alpha value is -1.14. The van der Waals surface area contributed by atoms with Crippen LogP contribution in [0.3, 0.4) is 0 Å². The van der Waals surface area contributed by atoms with E-state index in [0.717, 1.165) is 11.1 Å². The van der Waals surface area contributed by atoms with Crippen LogP contribution in [0.5, 0.6) is 0 Å². The smallest absolute Gasteiger partial charge is 0.246 e. The monoisotopic (exact) mass is 273 g/mol. The van der Waals surface area contributed by atoms with Gasteiger partial charge in [-0.15, -0.1) is 11.3 Å². The van der Waals surface area contributed by atoms with Gasteiger partial charge in [-0.05, 0) is 24.4 Å². The number of nitrogens with one attached hydrogen (secondary N) is 1. The van der Waals surface area contributed by atoms with Crippen LogP contribution in [0.1, 0.15) is 11.8 Å². The third kappa shape index (κ3) is 5.65. The molecule has 0 aliphatic carbocycles. The minimum absolute atomic E-state index is 0.0367. The minimum atomic E-state index is -3.03. The Morgan fingerprint density at radius 2 is 2.24 bits per heavy atom. The number of sulfone groups is 1. The van der Waals surface area contributed by atoms with Gasteiger partial charge in [-0.3, -0.25) is 4.79 Å². The third-order valence-electron chi connectivity index (χ3n) is 2.02. The van der Waals surface area contributed by atoms with Crippen molar-refractivity contribution in [2.45, 2.75) is 6.92 Å². The maximum atomic E-state index is 11.6. The van der Waals surface area contributed by atoms with Crippen molar-refractivity contribution >= 4 is 33.2 Å². The van der Waals surface area contributed by atoms with Crippen molar-refractivity contribution in [2.24, 2.45) is 0 Å². The van der Waals surface area contributed by atoms with Crippen LogP contribution in [0.2, 0.25) is 0 Å². The van der Waals surface area contributed by atoms with E-state index in [4.69, 9.17) is 0 Å². The lowest BCUT2D eigenvalue weighted by Gasteiger charge is -2.04. The molecule has 1 rings (SSSR count). The first kappa shape index (κ1) is 13.9. The van der Waals surface area contributed by atoms with Crippen LogP contribution >= 0.6 is 11.3 Å². The van der Waals surface area contributed by atoms with Crippen molar-refractivity contribution in [3.63, 3.8) is 0 Å². The molecule has 0 saturated heterocycles. The van der Waals surface area contributed by atoms with Gasteiger partial charge < -0.3 is 5.32 Å². The van der Waals surface area contributed by atoms with Gasteiger partial charge in [0.25, 0.3) is 0 Å². The topological polar surface area (TPSA) is 63.2 Å². The first-order valence-electron chi connectivity index (χ1n) is 5.06. The van der Waals surface area contributed by atoms with Crippen LogP contribution in [0.4, 0.5) is 0 Å². The molecule has 1 amide bonds. The van der Waals surface area contributed by atoms with Gasteiger partial charge in [0.05, 0.1) is 5.75 Å². The van der Waals surface area contributed by atoms with Crippen molar-refractivity contribution in [3.05, 3.63) is 28.0 Å². The molecule has 0 bridgehead atoms. The van der Waals surface area contributed by atoms with Gasteiger partial charge in [0.1, 0.15) is 9.84 Å². The lowest BCUT2D eigenvalue weighted by atomic mass is 10.2. The molecule has 6 heteroatoms. The average molecular weight is 273 g/mol. The van der Waals surface area contributed by atoms with Crippen LogP contribution < -0.4 is 5.32 Å². The summed E-state index contributed by atoms with van der Waals surface area (Å²) >= 11 is 1.54. The predicted molar refractivity (Wildman–Crippen MR) is 70.7 cm³/mol. The van der Waals surface area contributed by atoms with Crippen molar-refractivity contribution in [1.29, 1.82) is 0 Å². The Morgan fingerprint density at radius 3 is 2.76 bits per heavy atom. The highest BCUT2D eigenvalue weighted by atomic mass is 32.2. The van der Waals surface area contributed by atoms with Gasteiger partial charge in [-0.1, -0.05) is 6.07 Å². The second-order valence-corrected chi connectivity index (χ2v) is 6.97. The van der Waals surface area contributed by atoms with Crippen LogP contribution in [0, 0.1) is 0 Å². The second kappa shape index (κ2) is 5.97. The molecule has 0 radical (unpaired) electrons. The number of thiophene rings is 1. The Balaban J connectivity index is 2.48. The molecule has 1 aromatic rings. The number of amides is 1. The Morgan fingerprint density at radius 1 is 1.53 bits per heavy atom. The van der Waals surface area contributed by atoms with E-state index in [1.165, 1.54) is 0 Å². The highest BCUT2D eigenvalue weighted by Gasteiger charge is 2.06. The largest absolute Gasteiger partial charge is 0.351 e. The molecule has 0 saturated carbocycles. The number of carbonyl (C=O) groups is 1. The van der Waals surface area contributed by atoms with Gasteiger partial charge in [0.2, 0.25) is 5.91 Å². The SMILES string of the molecule is C/C(=C\c1cccs1)C(=O)NCCS(C)(=O)=O.